The van der Waals surface area contributed by atoms with Crippen molar-refractivity contribution in [1.29, 1.82) is 0 Å². The lowest BCUT2D eigenvalue weighted by atomic mass is 9.98. The van der Waals surface area contributed by atoms with Crippen molar-refractivity contribution in [3.63, 3.8) is 0 Å². The maximum atomic E-state index is 12.5. The fourth-order valence-electron chi connectivity index (χ4n) is 3.97. The number of nitrogens with one attached hydrogen (secondary N) is 1. The first-order valence-corrected chi connectivity index (χ1v) is 9.90. The molecule has 3 aromatic carbocycles. The molecule has 1 N–H and O–H groups in total. The number of ether oxygens (including phenoxy) is 2. The molecule has 0 aromatic heterocycles. The number of benzene rings is 3. The molecule has 0 saturated carbocycles. The van der Waals surface area contributed by atoms with E-state index in [9.17, 15) is 9.59 Å². The van der Waals surface area contributed by atoms with Crippen LogP contribution in [-0.4, -0.2) is 31.8 Å². The van der Waals surface area contributed by atoms with Gasteiger partial charge in [0.1, 0.15) is 12.6 Å². The Morgan fingerprint density at radius 2 is 1.43 bits per heavy atom. The zero-order valence-electron chi connectivity index (χ0n) is 16.7. The molecule has 152 valence electrons. The number of amides is 1. The Morgan fingerprint density at radius 3 is 2.03 bits per heavy atom. The first-order chi connectivity index (χ1) is 14.7. The van der Waals surface area contributed by atoms with E-state index < -0.39 is 18.1 Å². The molecule has 1 atom stereocenters. The second-order valence-electron chi connectivity index (χ2n) is 7.24. The molecule has 4 rings (SSSR count). The van der Waals surface area contributed by atoms with Crippen LogP contribution in [0, 0.1) is 0 Å². The number of fused-ring (bicyclic) bond motifs is 3. The molecule has 0 aliphatic heterocycles. The number of rotatable bonds is 6. The van der Waals surface area contributed by atoms with E-state index in [1.807, 2.05) is 54.6 Å². The van der Waals surface area contributed by atoms with E-state index in [-0.39, 0.29) is 12.5 Å². The maximum Gasteiger partial charge on any atom is 0.407 e. The third-order valence-corrected chi connectivity index (χ3v) is 5.40. The summed E-state index contributed by atoms with van der Waals surface area (Å²) in [5, 5.41) is 2.65. The molecule has 3 aromatic rings. The lowest BCUT2D eigenvalue weighted by Gasteiger charge is -2.18. The van der Waals surface area contributed by atoms with Crippen molar-refractivity contribution in [2.45, 2.75) is 18.4 Å². The molecule has 1 aliphatic rings. The van der Waals surface area contributed by atoms with Gasteiger partial charge in [0.05, 0.1) is 7.11 Å². The normalized spacial score (nSPS) is 13.1. The molecule has 0 radical (unpaired) electrons. The SMILES string of the molecule is COC(=O)[C@@H](Cc1ccccc1)NC(=O)OCC1c2ccccc2-c2ccccc21. The van der Waals surface area contributed by atoms with Crippen LogP contribution in [0.1, 0.15) is 22.6 Å². The van der Waals surface area contributed by atoms with Gasteiger partial charge in [-0.25, -0.2) is 9.59 Å². The van der Waals surface area contributed by atoms with E-state index in [1.165, 1.54) is 18.2 Å². The third kappa shape index (κ3) is 4.06. The Bertz CT molecular complexity index is 1000. The van der Waals surface area contributed by atoms with Gasteiger partial charge in [0, 0.05) is 12.3 Å². The van der Waals surface area contributed by atoms with E-state index in [0.29, 0.717) is 6.42 Å². The van der Waals surface area contributed by atoms with Crippen LogP contribution in [0.2, 0.25) is 0 Å². The van der Waals surface area contributed by atoms with Crippen molar-refractivity contribution in [2.24, 2.45) is 0 Å². The molecule has 5 nitrogen and oxygen atoms in total. The minimum Gasteiger partial charge on any atom is -0.467 e. The third-order valence-electron chi connectivity index (χ3n) is 5.40. The first-order valence-electron chi connectivity index (χ1n) is 9.90. The van der Waals surface area contributed by atoms with E-state index in [0.717, 1.165) is 16.7 Å². The summed E-state index contributed by atoms with van der Waals surface area (Å²) in [6.07, 6.45) is -0.305. The summed E-state index contributed by atoms with van der Waals surface area (Å²) in [7, 11) is 1.31. The van der Waals surface area contributed by atoms with Crippen molar-refractivity contribution in [1.82, 2.24) is 5.32 Å². The van der Waals surface area contributed by atoms with Crippen LogP contribution in [0.15, 0.2) is 78.9 Å². The number of esters is 1. The van der Waals surface area contributed by atoms with Gasteiger partial charge in [0.15, 0.2) is 0 Å². The molecule has 5 heteroatoms. The fraction of sp³-hybridized carbons (Fsp3) is 0.200. The van der Waals surface area contributed by atoms with Gasteiger partial charge in [0.2, 0.25) is 0 Å². The average molecular weight is 401 g/mol. The van der Waals surface area contributed by atoms with Crippen LogP contribution >= 0.6 is 0 Å². The van der Waals surface area contributed by atoms with Gasteiger partial charge in [-0.1, -0.05) is 78.9 Å². The zero-order valence-corrected chi connectivity index (χ0v) is 16.7. The highest BCUT2D eigenvalue weighted by Gasteiger charge is 2.30. The zero-order chi connectivity index (χ0) is 20.9. The predicted molar refractivity (Wildman–Crippen MR) is 114 cm³/mol. The number of hydrogen-bond donors (Lipinski definition) is 1. The topological polar surface area (TPSA) is 64.6 Å². The summed E-state index contributed by atoms with van der Waals surface area (Å²) < 4.78 is 10.4. The summed E-state index contributed by atoms with van der Waals surface area (Å²) in [4.78, 5) is 24.7. The van der Waals surface area contributed by atoms with Gasteiger partial charge < -0.3 is 14.8 Å². The Hall–Kier alpha value is -3.60. The molecular formula is C25H23NO4. The van der Waals surface area contributed by atoms with Crippen LogP contribution in [0.4, 0.5) is 4.79 Å². The van der Waals surface area contributed by atoms with Gasteiger partial charge in [-0.05, 0) is 27.8 Å². The van der Waals surface area contributed by atoms with Gasteiger partial charge in [0.25, 0.3) is 0 Å². The highest BCUT2D eigenvalue weighted by Crippen LogP contribution is 2.44. The van der Waals surface area contributed by atoms with Gasteiger partial charge in [-0.15, -0.1) is 0 Å². The highest BCUT2D eigenvalue weighted by atomic mass is 16.6. The summed E-state index contributed by atoms with van der Waals surface area (Å²) in [5.74, 6) is -0.541. The average Bonchev–Trinajstić information content (AvgIpc) is 3.11. The molecule has 30 heavy (non-hydrogen) atoms. The molecule has 0 heterocycles. The summed E-state index contributed by atoms with van der Waals surface area (Å²) >= 11 is 0. The van der Waals surface area contributed by atoms with Gasteiger partial charge >= 0.3 is 12.1 Å². The highest BCUT2D eigenvalue weighted by molar-refractivity contribution is 5.82. The van der Waals surface area contributed by atoms with E-state index in [2.05, 4.69) is 29.6 Å². The van der Waals surface area contributed by atoms with Crippen molar-refractivity contribution in [2.75, 3.05) is 13.7 Å². The smallest absolute Gasteiger partial charge is 0.407 e. The van der Waals surface area contributed by atoms with Crippen LogP contribution in [0.3, 0.4) is 0 Å². The lowest BCUT2D eigenvalue weighted by Crippen LogP contribution is -2.43. The predicted octanol–water partition coefficient (Wildman–Crippen LogP) is 4.31. The Morgan fingerprint density at radius 1 is 0.867 bits per heavy atom. The van der Waals surface area contributed by atoms with Crippen LogP contribution in [-0.2, 0) is 20.7 Å². The molecule has 1 aliphatic carbocycles. The van der Waals surface area contributed by atoms with Crippen molar-refractivity contribution in [3.8, 4) is 11.1 Å². The minimum atomic E-state index is -0.812. The standard InChI is InChI=1S/C25H23NO4/c1-29-24(27)23(15-17-9-3-2-4-10-17)26-25(28)30-16-22-20-13-7-5-11-18(20)19-12-6-8-14-21(19)22/h2-14,22-23H,15-16H2,1H3,(H,26,28)/t23-/m1/s1. The number of methoxy groups -OCH3 is 1. The molecule has 0 saturated heterocycles. The number of carbonyl (C=O) groups is 2. The Balaban J connectivity index is 1.44. The fourth-order valence-corrected chi connectivity index (χ4v) is 3.97. The molecule has 0 spiro atoms. The van der Waals surface area contributed by atoms with Crippen LogP contribution in [0.5, 0.6) is 0 Å². The molecule has 0 unspecified atom stereocenters. The van der Waals surface area contributed by atoms with Crippen LogP contribution < -0.4 is 5.32 Å². The summed E-state index contributed by atoms with van der Waals surface area (Å²) in [6.45, 7) is 0.194. The lowest BCUT2D eigenvalue weighted by molar-refractivity contribution is -0.142. The largest absolute Gasteiger partial charge is 0.467 e. The first kappa shape index (κ1) is 19.7. The van der Waals surface area contributed by atoms with Gasteiger partial charge in [-0.3, -0.25) is 0 Å². The monoisotopic (exact) mass is 401 g/mol. The van der Waals surface area contributed by atoms with Gasteiger partial charge in [-0.2, -0.15) is 0 Å². The van der Waals surface area contributed by atoms with Crippen molar-refractivity contribution >= 4 is 12.1 Å². The Kier molecular flexibility index (Phi) is 5.80. The second kappa shape index (κ2) is 8.82. The van der Waals surface area contributed by atoms with E-state index >= 15 is 0 Å². The summed E-state index contributed by atoms with van der Waals surface area (Å²) in [5.41, 5.74) is 5.53. The van der Waals surface area contributed by atoms with E-state index in [1.54, 1.807) is 0 Å². The molecular weight excluding hydrogens is 378 g/mol. The second-order valence-corrected chi connectivity index (χ2v) is 7.24. The maximum absolute atomic E-state index is 12.5. The van der Waals surface area contributed by atoms with Crippen LogP contribution in [0.25, 0.3) is 11.1 Å². The quantitative estimate of drug-likeness (QED) is 0.625. The molecule has 1 amide bonds. The number of hydrogen-bond acceptors (Lipinski definition) is 4. The van der Waals surface area contributed by atoms with Crippen molar-refractivity contribution < 1.29 is 19.1 Å². The minimum absolute atomic E-state index is 0.0335. The van der Waals surface area contributed by atoms with Crippen molar-refractivity contribution in [3.05, 3.63) is 95.6 Å². The number of carbonyl (C=O) groups excluding carboxylic acids is 2. The number of alkyl carbamates (subject to hydrolysis) is 1. The Labute approximate surface area is 175 Å². The molecule has 0 bridgehead atoms. The summed E-state index contributed by atoms with van der Waals surface area (Å²) in [6, 6.07) is 25.0. The van der Waals surface area contributed by atoms with E-state index in [4.69, 9.17) is 9.47 Å². The molecule has 0 fully saturated rings.